The number of hydrogen-bond acceptors (Lipinski definition) is 2. The average molecular weight is 364 g/mol. The molecule has 1 aliphatic rings. The van der Waals surface area contributed by atoms with Crippen molar-refractivity contribution in [1.82, 2.24) is 4.72 Å². The monoisotopic (exact) mass is 363 g/mol. The summed E-state index contributed by atoms with van der Waals surface area (Å²) >= 11 is 3.11. The molecule has 1 aromatic carbocycles. The van der Waals surface area contributed by atoms with Crippen LogP contribution in [0.25, 0.3) is 0 Å². The summed E-state index contributed by atoms with van der Waals surface area (Å²) in [5, 5.41) is 0. The van der Waals surface area contributed by atoms with Crippen LogP contribution >= 0.6 is 15.9 Å². The van der Waals surface area contributed by atoms with Gasteiger partial charge in [0.15, 0.2) is 0 Å². The van der Waals surface area contributed by atoms with Crippen molar-refractivity contribution in [2.45, 2.75) is 50.0 Å². The Balaban J connectivity index is 2.08. The van der Waals surface area contributed by atoms with Crippen molar-refractivity contribution in [2.24, 2.45) is 5.92 Å². The first-order chi connectivity index (χ1) is 9.42. The molecule has 2 rings (SSSR count). The maximum absolute atomic E-state index is 13.0. The molecule has 0 atom stereocenters. The van der Waals surface area contributed by atoms with E-state index in [9.17, 15) is 12.8 Å². The normalized spacial score (nSPS) is 23.8. The third-order valence-electron chi connectivity index (χ3n) is 3.93. The van der Waals surface area contributed by atoms with E-state index < -0.39 is 15.8 Å². The van der Waals surface area contributed by atoms with Crippen molar-refractivity contribution in [1.29, 1.82) is 0 Å². The molecule has 0 aromatic heterocycles. The molecule has 1 saturated carbocycles. The summed E-state index contributed by atoms with van der Waals surface area (Å²) in [5.41, 5.74) is 0. The summed E-state index contributed by atoms with van der Waals surface area (Å²) in [7, 11) is -3.60. The van der Waals surface area contributed by atoms with Crippen LogP contribution in [0.4, 0.5) is 4.39 Å². The van der Waals surface area contributed by atoms with Gasteiger partial charge in [-0.1, -0.05) is 13.3 Å². The Morgan fingerprint density at radius 3 is 2.50 bits per heavy atom. The molecule has 0 amide bonds. The van der Waals surface area contributed by atoms with E-state index >= 15 is 0 Å². The van der Waals surface area contributed by atoms with Gasteiger partial charge in [-0.25, -0.2) is 17.5 Å². The molecule has 1 fully saturated rings. The highest BCUT2D eigenvalue weighted by Crippen LogP contribution is 2.28. The zero-order valence-electron chi connectivity index (χ0n) is 11.4. The molecular formula is C14H19BrFNO2S. The fraction of sp³-hybridized carbons (Fsp3) is 0.571. The predicted molar refractivity (Wildman–Crippen MR) is 80.5 cm³/mol. The highest BCUT2D eigenvalue weighted by molar-refractivity contribution is 9.10. The fourth-order valence-electron chi connectivity index (χ4n) is 2.66. The van der Waals surface area contributed by atoms with Crippen LogP contribution in [0.3, 0.4) is 0 Å². The van der Waals surface area contributed by atoms with Crippen molar-refractivity contribution < 1.29 is 12.8 Å². The van der Waals surface area contributed by atoms with Gasteiger partial charge < -0.3 is 0 Å². The first kappa shape index (κ1) is 15.9. The number of nitrogens with one attached hydrogen (secondary N) is 1. The lowest BCUT2D eigenvalue weighted by atomic mass is 9.85. The van der Waals surface area contributed by atoms with E-state index in [-0.39, 0.29) is 15.4 Å². The summed E-state index contributed by atoms with van der Waals surface area (Å²) in [6, 6.07) is 3.61. The van der Waals surface area contributed by atoms with Crippen molar-refractivity contribution in [3.63, 3.8) is 0 Å². The van der Waals surface area contributed by atoms with Gasteiger partial charge in [0.05, 0.1) is 4.90 Å². The number of halogens is 2. The maximum Gasteiger partial charge on any atom is 0.241 e. The van der Waals surface area contributed by atoms with Crippen molar-refractivity contribution in [3.05, 3.63) is 28.5 Å². The maximum atomic E-state index is 13.0. The molecular weight excluding hydrogens is 345 g/mol. The van der Waals surface area contributed by atoms with E-state index in [0.717, 1.165) is 38.2 Å². The Morgan fingerprint density at radius 2 is 1.95 bits per heavy atom. The molecule has 0 unspecified atom stereocenters. The fourth-order valence-corrected chi connectivity index (χ4v) is 5.02. The largest absolute Gasteiger partial charge is 0.241 e. The van der Waals surface area contributed by atoms with Gasteiger partial charge >= 0.3 is 0 Å². The number of sulfonamides is 1. The molecule has 1 N–H and O–H groups in total. The molecule has 0 radical (unpaired) electrons. The highest BCUT2D eigenvalue weighted by Gasteiger charge is 2.26. The van der Waals surface area contributed by atoms with Gasteiger partial charge in [-0.2, -0.15) is 0 Å². The molecule has 20 heavy (non-hydrogen) atoms. The van der Waals surface area contributed by atoms with Crippen LogP contribution in [0, 0.1) is 11.7 Å². The lowest BCUT2D eigenvalue weighted by Crippen LogP contribution is -2.37. The summed E-state index contributed by atoms with van der Waals surface area (Å²) in [5.74, 6) is 0.257. The Bertz CT molecular complexity index is 569. The minimum Gasteiger partial charge on any atom is -0.208 e. The molecule has 0 saturated heterocycles. The smallest absolute Gasteiger partial charge is 0.208 e. The first-order valence-electron chi connectivity index (χ1n) is 6.89. The van der Waals surface area contributed by atoms with Crippen LogP contribution in [0.5, 0.6) is 0 Å². The van der Waals surface area contributed by atoms with Crippen LogP contribution in [0.2, 0.25) is 0 Å². The van der Waals surface area contributed by atoms with E-state index in [2.05, 4.69) is 27.6 Å². The minimum atomic E-state index is -3.60. The Kier molecular flexibility index (Phi) is 5.20. The van der Waals surface area contributed by atoms with E-state index in [1.807, 2.05) is 0 Å². The molecule has 1 aromatic rings. The van der Waals surface area contributed by atoms with Gasteiger partial charge in [-0.15, -0.1) is 0 Å². The molecule has 6 heteroatoms. The zero-order chi connectivity index (χ0) is 14.8. The summed E-state index contributed by atoms with van der Waals surface area (Å²) in [6.45, 7) is 2.17. The summed E-state index contributed by atoms with van der Waals surface area (Å²) in [6.07, 6.45) is 5.03. The van der Waals surface area contributed by atoms with Crippen LogP contribution in [0.15, 0.2) is 27.6 Å². The van der Waals surface area contributed by atoms with Crippen molar-refractivity contribution >= 4 is 26.0 Å². The Hall–Kier alpha value is -0.460. The summed E-state index contributed by atoms with van der Waals surface area (Å²) < 4.78 is 40.7. The predicted octanol–water partition coefficient (Wildman–Crippen LogP) is 3.84. The van der Waals surface area contributed by atoms with Crippen LogP contribution < -0.4 is 4.72 Å². The Labute approximate surface area is 128 Å². The van der Waals surface area contributed by atoms with Crippen molar-refractivity contribution in [2.75, 3.05) is 0 Å². The SMILES string of the molecule is CCC1CCC(NS(=O)(=O)c2ccc(F)cc2Br)CC1. The van der Waals surface area contributed by atoms with Gasteiger partial charge in [0.2, 0.25) is 10.0 Å². The zero-order valence-corrected chi connectivity index (χ0v) is 13.8. The van der Waals surface area contributed by atoms with E-state index in [1.54, 1.807) is 0 Å². The third kappa shape index (κ3) is 3.80. The van der Waals surface area contributed by atoms with Crippen LogP contribution in [-0.2, 0) is 10.0 Å². The molecule has 0 bridgehead atoms. The number of benzene rings is 1. The summed E-state index contributed by atoms with van der Waals surface area (Å²) in [4.78, 5) is 0.0940. The quantitative estimate of drug-likeness (QED) is 0.883. The molecule has 1 aliphatic carbocycles. The van der Waals surface area contributed by atoms with Gasteiger partial charge in [0, 0.05) is 10.5 Å². The van der Waals surface area contributed by atoms with E-state index in [4.69, 9.17) is 0 Å². The van der Waals surface area contributed by atoms with Gasteiger partial charge in [-0.05, 0) is 65.7 Å². The van der Waals surface area contributed by atoms with Gasteiger partial charge in [0.1, 0.15) is 5.82 Å². The first-order valence-corrected chi connectivity index (χ1v) is 9.17. The number of hydrogen-bond donors (Lipinski definition) is 1. The van der Waals surface area contributed by atoms with Gasteiger partial charge in [-0.3, -0.25) is 0 Å². The lowest BCUT2D eigenvalue weighted by Gasteiger charge is -2.28. The van der Waals surface area contributed by atoms with Crippen LogP contribution in [0.1, 0.15) is 39.0 Å². The minimum absolute atomic E-state index is 0.0141. The molecule has 0 heterocycles. The second kappa shape index (κ2) is 6.54. The van der Waals surface area contributed by atoms with Crippen LogP contribution in [-0.4, -0.2) is 14.5 Å². The van der Waals surface area contributed by atoms with E-state index in [1.165, 1.54) is 12.1 Å². The topological polar surface area (TPSA) is 46.2 Å². The average Bonchev–Trinajstić information content (AvgIpc) is 2.38. The van der Waals surface area contributed by atoms with Crippen molar-refractivity contribution in [3.8, 4) is 0 Å². The molecule has 112 valence electrons. The van der Waals surface area contributed by atoms with Gasteiger partial charge in [0.25, 0.3) is 0 Å². The second-order valence-electron chi connectivity index (χ2n) is 5.32. The lowest BCUT2D eigenvalue weighted by molar-refractivity contribution is 0.306. The number of rotatable bonds is 4. The molecule has 3 nitrogen and oxygen atoms in total. The standard InChI is InChI=1S/C14H19BrFNO2S/c1-2-10-3-6-12(7-4-10)17-20(18,19)14-8-5-11(16)9-13(14)15/h5,8-10,12,17H,2-4,6-7H2,1H3. The Morgan fingerprint density at radius 1 is 1.30 bits per heavy atom. The highest BCUT2D eigenvalue weighted by atomic mass is 79.9. The van der Waals surface area contributed by atoms with E-state index in [0.29, 0.717) is 5.92 Å². The molecule has 0 aliphatic heterocycles. The molecule has 0 spiro atoms. The third-order valence-corrected chi connectivity index (χ3v) is 6.43. The second-order valence-corrected chi connectivity index (χ2v) is 7.86.